The smallest absolute Gasteiger partial charge is 0.231 e. The van der Waals surface area contributed by atoms with Gasteiger partial charge in [0.1, 0.15) is 10.8 Å². The molecule has 2 heterocycles. The van der Waals surface area contributed by atoms with Crippen LogP contribution in [-0.4, -0.2) is 16.9 Å². The molecular formula is C15H11NO3S. The number of fused-ring (bicyclic) bond motifs is 2. The lowest BCUT2D eigenvalue weighted by molar-refractivity contribution is 0.174. The Labute approximate surface area is 119 Å². The fraction of sp³-hybridized carbons (Fsp3) is 0.133. The van der Waals surface area contributed by atoms with E-state index < -0.39 is 0 Å². The van der Waals surface area contributed by atoms with Crippen LogP contribution in [0.1, 0.15) is 5.56 Å². The molecule has 100 valence electrons. The summed E-state index contributed by atoms with van der Waals surface area (Å²) in [6, 6.07) is 9.38. The Morgan fingerprint density at radius 3 is 2.75 bits per heavy atom. The number of aryl methyl sites for hydroxylation is 1. The number of hydrogen-bond donors (Lipinski definition) is 1. The maximum Gasteiger partial charge on any atom is 0.231 e. The quantitative estimate of drug-likeness (QED) is 0.740. The number of aromatic nitrogens is 1. The third-order valence-electron chi connectivity index (χ3n) is 3.33. The van der Waals surface area contributed by atoms with Crippen molar-refractivity contribution >= 4 is 21.6 Å². The molecule has 0 saturated heterocycles. The van der Waals surface area contributed by atoms with E-state index in [0.29, 0.717) is 5.75 Å². The predicted octanol–water partition coefficient (Wildman–Crippen LogP) is 3.71. The van der Waals surface area contributed by atoms with Gasteiger partial charge < -0.3 is 14.6 Å². The van der Waals surface area contributed by atoms with Gasteiger partial charge in [0, 0.05) is 17.7 Å². The summed E-state index contributed by atoms with van der Waals surface area (Å²) in [6.07, 6.45) is 0. The minimum absolute atomic E-state index is 0.274. The Bertz CT molecular complexity index is 784. The molecule has 0 bridgehead atoms. The second-order valence-corrected chi connectivity index (χ2v) is 5.72. The van der Waals surface area contributed by atoms with Crippen molar-refractivity contribution in [1.29, 1.82) is 0 Å². The van der Waals surface area contributed by atoms with Gasteiger partial charge in [-0.05, 0) is 30.7 Å². The van der Waals surface area contributed by atoms with Crippen molar-refractivity contribution in [3.05, 3.63) is 35.9 Å². The van der Waals surface area contributed by atoms with Crippen LogP contribution in [0.3, 0.4) is 0 Å². The Morgan fingerprint density at radius 2 is 1.95 bits per heavy atom. The number of ether oxygens (including phenoxy) is 2. The van der Waals surface area contributed by atoms with Crippen molar-refractivity contribution in [2.24, 2.45) is 0 Å². The van der Waals surface area contributed by atoms with E-state index in [2.05, 4.69) is 4.98 Å². The zero-order valence-corrected chi connectivity index (χ0v) is 11.5. The second kappa shape index (κ2) is 4.11. The van der Waals surface area contributed by atoms with E-state index in [4.69, 9.17) is 9.47 Å². The molecule has 0 spiro atoms. The summed E-state index contributed by atoms with van der Waals surface area (Å²) in [6.45, 7) is 2.15. The first-order valence-electron chi connectivity index (χ1n) is 6.21. The van der Waals surface area contributed by atoms with Gasteiger partial charge in [0.2, 0.25) is 6.79 Å². The molecule has 4 rings (SSSR count). The van der Waals surface area contributed by atoms with Crippen LogP contribution in [0.5, 0.6) is 17.2 Å². The zero-order valence-electron chi connectivity index (χ0n) is 10.7. The summed E-state index contributed by atoms with van der Waals surface area (Å²) in [5, 5.41) is 10.5. The number of nitrogens with zero attached hydrogens (tertiary/aromatic N) is 1. The summed E-state index contributed by atoms with van der Waals surface area (Å²) < 4.78 is 11.8. The van der Waals surface area contributed by atoms with E-state index in [9.17, 15) is 5.11 Å². The van der Waals surface area contributed by atoms with Crippen molar-refractivity contribution in [1.82, 2.24) is 4.98 Å². The summed E-state index contributed by atoms with van der Waals surface area (Å²) in [5.74, 6) is 1.82. The standard InChI is InChI=1S/C15H11NO3S/c1-8-4-9(2-3-11(8)17)15-16-10-5-12-13(19-7-18-12)6-14(10)20-15/h2-6,17H,7H2,1H3. The molecule has 1 aromatic heterocycles. The normalized spacial score (nSPS) is 13.1. The highest BCUT2D eigenvalue weighted by Gasteiger charge is 2.17. The molecule has 2 aromatic carbocycles. The van der Waals surface area contributed by atoms with E-state index in [1.807, 2.05) is 31.2 Å². The summed E-state index contributed by atoms with van der Waals surface area (Å²) in [5.41, 5.74) is 2.75. The van der Waals surface area contributed by atoms with Crippen LogP contribution in [0.15, 0.2) is 30.3 Å². The molecule has 0 fully saturated rings. The van der Waals surface area contributed by atoms with Crippen molar-refractivity contribution in [2.45, 2.75) is 6.92 Å². The monoisotopic (exact) mass is 285 g/mol. The highest BCUT2D eigenvalue weighted by Crippen LogP contribution is 2.40. The zero-order chi connectivity index (χ0) is 13.7. The summed E-state index contributed by atoms with van der Waals surface area (Å²) >= 11 is 1.60. The topological polar surface area (TPSA) is 51.6 Å². The molecule has 5 heteroatoms. The Kier molecular flexibility index (Phi) is 2.37. The Hall–Kier alpha value is -2.27. The molecule has 0 radical (unpaired) electrons. The van der Waals surface area contributed by atoms with Gasteiger partial charge in [-0.1, -0.05) is 0 Å². The molecule has 4 nitrogen and oxygen atoms in total. The molecule has 3 aromatic rings. The van der Waals surface area contributed by atoms with Gasteiger partial charge in [-0.3, -0.25) is 0 Å². The lowest BCUT2D eigenvalue weighted by Gasteiger charge is -2.00. The highest BCUT2D eigenvalue weighted by molar-refractivity contribution is 7.21. The molecule has 0 unspecified atom stereocenters. The molecule has 0 atom stereocenters. The van der Waals surface area contributed by atoms with Gasteiger partial charge in [-0.25, -0.2) is 4.98 Å². The fourth-order valence-corrected chi connectivity index (χ4v) is 3.20. The van der Waals surface area contributed by atoms with Crippen LogP contribution in [0, 0.1) is 6.92 Å². The predicted molar refractivity (Wildman–Crippen MR) is 77.6 cm³/mol. The van der Waals surface area contributed by atoms with E-state index in [0.717, 1.165) is 37.9 Å². The van der Waals surface area contributed by atoms with Gasteiger partial charge in [-0.15, -0.1) is 11.3 Å². The molecule has 0 aliphatic carbocycles. The van der Waals surface area contributed by atoms with Gasteiger partial charge in [0.15, 0.2) is 11.5 Å². The van der Waals surface area contributed by atoms with E-state index in [1.54, 1.807) is 17.4 Å². The Morgan fingerprint density at radius 1 is 1.15 bits per heavy atom. The lowest BCUT2D eigenvalue weighted by atomic mass is 10.1. The summed E-state index contributed by atoms with van der Waals surface area (Å²) in [4.78, 5) is 4.63. The third kappa shape index (κ3) is 1.71. The van der Waals surface area contributed by atoms with Crippen LogP contribution in [0.4, 0.5) is 0 Å². The average molecular weight is 285 g/mol. The van der Waals surface area contributed by atoms with Crippen LogP contribution in [0.25, 0.3) is 20.8 Å². The summed E-state index contributed by atoms with van der Waals surface area (Å²) in [7, 11) is 0. The van der Waals surface area contributed by atoms with Gasteiger partial charge in [-0.2, -0.15) is 0 Å². The number of aromatic hydroxyl groups is 1. The first kappa shape index (κ1) is 11.5. The minimum atomic E-state index is 0.274. The van der Waals surface area contributed by atoms with Crippen LogP contribution in [-0.2, 0) is 0 Å². The first-order valence-corrected chi connectivity index (χ1v) is 7.02. The maximum absolute atomic E-state index is 9.59. The molecular weight excluding hydrogens is 274 g/mol. The van der Waals surface area contributed by atoms with Crippen LogP contribution >= 0.6 is 11.3 Å². The molecule has 1 N–H and O–H groups in total. The largest absolute Gasteiger partial charge is 0.508 e. The van der Waals surface area contributed by atoms with Crippen LogP contribution < -0.4 is 9.47 Å². The van der Waals surface area contributed by atoms with Crippen LogP contribution in [0.2, 0.25) is 0 Å². The average Bonchev–Trinajstić information content (AvgIpc) is 3.04. The number of hydrogen-bond acceptors (Lipinski definition) is 5. The third-order valence-corrected chi connectivity index (χ3v) is 4.39. The maximum atomic E-state index is 9.59. The van der Waals surface area contributed by atoms with Crippen molar-refractivity contribution in [3.63, 3.8) is 0 Å². The Balaban J connectivity index is 1.86. The molecule has 0 amide bonds. The van der Waals surface area contributed by atoms with Gasteiger partial charge >= 0.3 is 0 Å². The molecule has 20 heavy (non-hydrogen) atoms. The van der Waals surface area contributed by atoms with E-state index in [1.165, 1.54) is 0 Å². The fourth-order valence-electron chi connectivity index (χ4n) is 2.23. The highest BCUT2D eigenvalue weighted by atomic mass is 32.1. The SMILES string of the molecule is Cc1cc(-c2nc3cc4c(cc3s2)OCO4)ccc1O. The van der Waals surface area contributed by atoms with Gasteiger partial charge in [0.25, 0.3) is 0 Å². The number of rotatable bonds is 1. The first-order chi connectivity index (χ1) is 9.70. The number of phenolic OH excluding ortho intramolecular Hbond substituents is 1. The lowest BCUT2D eigenvalue weighted by Crippen LogP contribution is -1.92. The van der Waals surface area contributed by atoms with Crippen molar-refractivity contribution in [3.8, 4) is 27.8 Å². The van der Waals surface area contributed by atoms with Crippen molar-refractivity contribution < 1.29 is 14.6 Å². The molecule has 1 aliphatic rings. The molecule has 1 aliphatic heterocycles. The van der Waals surface area contributed by atoms with E-state index in [-0.39, 0.29) is 6.79 Å². The van der Waals surface area contributed by atoms with Gasteiger partial charge in [0.05, 0.1) is 10.2 Å². The number of phenols is 1. The van der Waals surface area contributed by atoms with E-state index >= 15 is 0 Å². The number of benzene rings is 2. The minimum Gasteiger partial charge on any atom is -0.508 e. The molecule has 0 saturated carbocycles. The number of thiazole rings is 1. The van der Waals surface area contributed by atoms with Crippen molar-refractivity contribution in [2.75, 3.05) is 6.79 Å². The second-order valence-electron chi connectivity index (χ2n) is 4.69.